The second-order valence-corrected chi connectivity index (χ2v) is 3.92. The Hall–Kier alpha value is -1.68. The number of Topliss-reactive ketones (excluding diaryl/α,β-unsaturated/α-hetero) is 2. The average molecular weight is 238 g/mol. The summed E-state index contributed by atoms with van der Waals surface area (Å²) in [4.78, 5) is 34.5. The van der Waals surface area contributed by atoms with Crippen LogP contribution in [-0.4, -0.2) is 24.0 Å². The van der Waals surface area contributed by atoms with Gasteiger partial charge in [0.25, 0.3) is 0 Å². The lowest BCUT2D eigenvalue weighted by atomic mass is 9.95. The summed E-state index contributed by atoms with van der Waals surface area (Å²) < 4.78 is 0. The quantitative estimate of drug-likeness (QED) is 0.612. The third-order valence-corrected chi connectivity index (χ3v) is 2.66. The molecule has 1 N–H and O–H groups in total. The van der Waals surface area contributed by atoms with Crippen LogP contribution in [0.4, 0.5) is 0 Å². The third kappa shape index (κ3) is 1.84. The summed E-state index contributed by atoms with van der Waals surface area (Å²) >= 11 is 5.68. The number of halogens is 1. The summed E-state index contributed by atoms with van der Waals surface area (Å²) in [6, 6.07) is 6.10. The summed E-state index contributed by atoms with van der Waals surface area (Å²) in [5.41, 5.74) is 0.319. The van der Waals surface area contributed by atoms with Crippen LogP contribution >= 0.6 is 11.6 Å². The van der Waals surface area contributed by atoms with E-state index in [1.807, 2.05) is 0 Å². The van der Waals surface area contributed by atoms with Gasteiger partial charge in [-0.25, -0.2) is 0 Å². The van der Waals surface area contributed by atoms with Gasteiger partial charge >= 0.3 is 0 Å². The molecule has 16 heavy (non-hydrogen) atoms. The van der Waals surface area contributed by atoms with Gasteiger partial charge in [-0.3, -0.25) is 14.4 Å². The van der Waals surface area contributed by atoms with Crippen molar-refractivity contribution in [3.8, 4) is 0 Å². The number of hydrogen-bond acceptors (Lipinski definition) is 3. The van der Waals surface area contributed by atoms with Crippen molar-refractivity contribution in [3.05, 3.63) is 34.9 Å². The van der Waals surface area contributed by atoms with E-state index < -0.39 is 17.6 Å². The Balaban J connectivity index is 2.28. The monoisotopic (exact) mass is 237 g/mol. The second kappa shape index (κ2) is 4.06. The Morgan fingerprint density at radius 3 is 2.38 bits per heavy atom. The number of benzene rings is 1. The van der Waals surface area contributed by atoms with Gasteiger partial charge in [0.05, 0.1) is 6.54 Å². The first-order valence-electron chi connectivity index (χ1n) is 4.70. The van der Waals surface area contributed by atoms with Gasteiger partial charge in [-0.1, -0.05) is 11.6 Å². The van der Waals surface area contributed by atoms with Crippen LogP contribution in [0.25, 0.3) is 0 Å². The Kier molecular flexibility index (Phi) is 2.75. The van der Waals surface area contributed by atoms with E-state index in [-0.39, 0.29) is 12.3 Å². The van der Waals surface area contributed by atoms with Crippen molar-refractivity contribution >= 4 is 29.1 Å². The highest BCUT2D eigenvalue weighted by atomic mass is 35.5. The van der Waals surface area contributed by atoms with Gasteiger partial charge in [0.1, 0.15) is 0 Å². The molecule has 1 aromatic rings. The average Bonchev–Trinajstić information content (AvgIpc) is 2.59. The van der Waals surface area contributed by atoms with Crippen LogP contribution < -0.4 is 5.32 Å². The van der Waals surface area contributed by atoms with Crippen molar-refractivity contribution in [2.45, 2.75) is 0 Å². The molecule has 1 saturated heterocycles. The van der Waals surface area contributed by atoms with Crippen molar-refractivity contribution in [1.29, 1.82) is 0 Å². The standard InChI is InChI=1S/C11H8ClNO3/c12-7-3-1-6(2-4-7)10(15)9-8(14)5-13-11(9)16/h1-4,9H,5H2,(H,13,16). The molecule has 1 heterocycles. The van der Waals surface area contributed by atoms with Crippen LogP contribution in [0.15, 0.2) is 24.3 Å². The number of amides is 1. The van der Waals surface area contributed by atoms with E-state index in [9.17, 15) is 14.4 Å². The van der Waals surface area contributed by atoms with Gasteiger partial charge in [-0.2, -0.15) is 0 Å². The fraction of sp³-hybridized carbons (Fsp3) is 0.182. The molecule has 0 saturated carbocycles. The lowest BCUT2D eigenvalue weighted by Crippen LogP contribution is -2.27. The molecule has 1 fully saturated rings. The maximum absolute atomic E-state index is 11.9. The van der Waals surface area contributed by atoms with Crippen LogP contribution in [0.1, 0.15) is 10.4 Å². The minimum Gasteiger partial charge on any atom is -0.348 e. The molecule has 5 heteroatoms. The van der Waals surface area contributed by atoms with Gasteiger partial charge in [0.15, 0.2) is 17.5 Å². The number of nitrogens with one attached hydrogen (secondary N) is 1. The molecule has 0 aliphatic carbocycles. The summed E-state index contributed by atoms with van der Waals surface area (Å²) in [6.45, 7) is -0.0666. The molecule has 1 atom stereocenters. The molecule has 4 nitrogen and oxygen atoms in total. The van der Waals surface area contributed by atoms with E-state index in [4.69, 9.17) is 11.6 Å². The zero-order valence-corrected chi connectivity index (χ0v) is 8.95. The van der Waals surface area contributed by atoms with Crippen LogP contribution in [0.5, 0.6) is 0 Å². The summed E-state index contributed by atoms with van der Waals surface area (Å²) in [5, 5.41) is 2.84. The first-order valence-corrected chi connectivity index (χ1v) is 5.07. The molecule has 1 unspecified atom stereocenters. The van der Waals surface area contributed by atoms with Gasteiger partial charge < -0.3 is 5.32 Å². The minimum atomic E-state index is -1.19. The van der Waals surface area contributed by atoms with E-state index in [0.717, 1.165) is 0 Å². The molecule has 0 aromatic heterocycles. The summed E-state index contributed by atoms with van der Waals surface area (Å²) in [6.07, 6.45) is 0. The smallest absolute Gasteiger partial charge is 0.238 e. The van der Waals surface area contributed by atoms with E-state index in [1.54, 1.807) is 12.1 Å². The third-order valence-electron chi connectivity index (χ3n) is 2.41. The van der Waals surface area contributed by atoms with Crippen LogP contribution in [0, 0.1) is 5.92 Å². The number of ketones is 2. The second-order valence-electron chi connectivity index (χ2n) is 3.49. The lowest BCUT2D eigenvalue weighted by molar-refractivity contribution is -0.125. The Bertz CT molecular complexity index is 451. The molecule has 82 valence electrons. The zero-order valence-electron chi connectivity index (χ0n) is 8.20. The number of hydrogen-bond donors (Lipinski definition) is 1. The van der Waals surface area contributed by atoms with Gasteiger partial charge in [-0.05, 0) is 24.3 Å². The Morgan fingerprint density at radius 1 is 1.25 bits per heavy atom. The molecule has 1 amide bonds. The highest BCUT2D eigenvalue weighted by molar-refractivity contribution is 6.31. The molecular weight excluding hydrogens is 230 g/mol. The highest BCUT2D eigenvalue weighted by Crippen LogP contribution is 2.16. The molecule has 1 aliphatic heterocycles. The number of carbonyl (C=O) groups excluding carboxylic acids is 3. The lowest BCUT2D eigenvalue weighted by Gasteiger charge is -2.04. The summed E-state index contributed by atoms with van der Waals surface area (Å²) in [5.74, 6) is -2.58. The zero-order chi connectivity index (χ0) is 11.7. The topological polar surface area (TPSA) is 63.2 Å². The largest absolute Gasteiger partial charge is 0.348 e. The maximum Gasteiger partial charge on any atom is 0.238 e. The molecule has 2 rings (SSSR count). The maximum atomic E-state index is 11.9. The number of carbonyl (C=O) groups is 3. The fourth-order valence-corrected chi connectivity index (χ4v) is 1.70. The van der Waals surface area contributed by atoms with E-state index >= 15 is 0 Å². The van der Waals surface area contributed by atoms with Crippen molar-refractivity contribution in [1.82, 2.24) is 5.32 Å². The van der Waals surface area contributed by atoms with Gasteiger partial charge in [-0.15, -0.1) is 0 Å². The van der Waals surface area contributed by atoms with Crippen molar-refractivity contribution in [2.75, 3.05) is 6.54 Å². The normalized spacial score (nSPS) is 19.7. The number of rotatable bonds is 2. The SMILES string of the molecule is O=C1CNC(=O)C1C(=O)c1ccc(Cl)cc1. The van der Waals surface area contributed by atoms with Crippen molar-refractivity contribution < 1.29 is 14.4 Å². The van der Waals surface area contributed by atoms with E-state index in [2.05, 4.69) is 5.32 Å². The van der Waals surface area contributed by atoms with Crippen molar-refractivity contribution in [3.63, 3.8) is 0 Å². The Morgan fingerprint density at radius 2 is 1.88 bits per heavy atom. The van der Waals surface area contributed by atoms with Gasteiger partial charge in [0, 0.05) is 10.6 Å². The molecular formula is C11H8ClNO3. The highest BCUT2D eigenvalue weighted by Gasteiger charge is 2.39. The van der Waals surface area contributed by atoms with Crippen LogP contribution in [0.3, 0.4) is 0 Å². The van der Waals surface area contributed by atoms with Crippen LogP contribution in [-0.2, 0) is 9.59 Å². The van der Waals surface area contributed by atoms with Crippen LogP contribution in [0.2, 0.25) is 5.02 Å². The predicted molar refractivity (Wildman–Crippen MR) is 57.3 cm³/mol. The fourth-order valence-electron chi connectivity index (χ4n) is 1.57. The first-order chi connectivity index (χ1) is 7.59. The molecule has 1 aliphatic rings. The molecule has 0 radical (unpaired) electrons. The van der Waals surface area contributed by atoms with E-state index in [0.29, 0.717) is 10.6 Å². The van der Waals surface area contributed by atoms with E-state index in [1.165, 1.54) is 12.1 Å². The molecule has 0 spiro atoms. The molecule has 0 bridgehead atoms. The minimum absolute atomic E-state index is 0.0666. The molecule has 1 aromatic carbocycles. The first kappa shape index (κ1) is 10.8. The van der Waals surface area contributed by atoms with Gasteiger partial charge in [0.2, 0.25) is 5.91 Å². The predicted octanol–water partition coefficient (Wildman–Crippen LogP) is 0.838. The Labute approximate surface area is 96.6 Å². The summed E-state index contributed by atoms with van der Waals surface area (Å²) in [7, 11) is 0. The van der Waals surface area contributed by atoms with Crippen molar-refractivity contribution in [2.24, 2.45) is 5.92 Å².